The third-order valence-corrected chi connectivity index (χ3v) is 3.21. The molecule has 4 N–H and O–H groups in total. The van der Waals surface area contributed by atoms with E-state index in [4.69, 9.17) is 15.3 Å². The number of anilines is 2. The Balaban J connectivity index is 2.20. The summed E-state index contributed by atoms with van der Waals surface area (Å²) in [5.41, 5.74) is 7.94. The first-order valence-electron chi connectivity index (χ1n) is 6.34. The smallest absolute Gasteiger partial charge is 0.337 e. The van der Waals surface area contributed by atoms with Crippen LogP contribution in [0.5, 0.6) is 0 Å². The molecule has 0 saturated heterocycles. The van der Waals surface area contributed by atoms with E-state index in [9.17, 15) is 4.79 Å². The lowest BCUT2D eigenvalue weighted by molar-refractivity contribution is 0.0698. The molecule has 0 aliphatic carbocycles. The van der Waals surface area contributed by atoms with Crippen molar-refractivity contribution in [3.8, 4) is 0 Å². The molecule has 0 radical (unpaired) electrons. The van der Waals surface area contributed by atoms with Gasteiger partial charge < -0.3 is 20.6 Å². The highest BCUT2D eigenvalue weighted by Crippen LogP contribution is 2.26. The zero-order chi connectivity index (χ0) is 14.9. The normalized spacial score (nSPS) is 12.2. The summed E-state index contributed by atoms with van der Waals surface area (Å²) < 4.78 is 5.51. The highest BCUT2D eigenvalue weighted by molar-refractivity contribution is 5.94. The number of nitrogen functional groups attached to an aromatic ring is 1. The summed E-state index contributed by atoms with van der Waals surface area (Å²) in [6.07, 6.45) is 0. The van der Waals surface area contributed by atoms with Crippen molar-refractivity contribution < 1.29 is 14.3 Å². The summed E-state index contributed by atoms with van der Waals surface area (Å²) in [6.45, 7) is 5.84. The molecule has 0 amide bonds. The maximum absolute atomic E-state index is 10.9. The minimum atomic E-state index is -1.02. The average molecular weight is 274 g/mol. The van der Waals surface area contributed by atoms with Crippen LogP contribution in [0.2, 0.25) is 0 Å². The molecule has 1 unspecified atom stereocenters. The van der Waals surface area contributed by atoms with Crippen LogP contribution in [0.25, 0.3) is 0 Å². The van der Waals surface area contributed by atoms with Crippen LogP contribution in [-0.4, -0.2) is 11.1 Å². The number of hydrogen-bond donors (Lipinski definition) is 3. The summed E-state index contributed by atoms with van der Waals surface area (Å²) >= 11 is 0. The van der Waals surface area contributed by atoms with Gasteiger partial charge in [-0.3, -0.25) is 0 Å². The molecular formula is C15H18N2O3. The first-order chi connectivity index (χ1) is 9.38. The molecule has 0 aliphatic heterocycles. The van der Waals surface area contributed by atoms with Gasteiger partial charge in [-0.05, 0) is 45.0 Å². The van der Waals surface area contributed by atoms with Gasteiger partial charge in [0.25, 0.3) is 0 Å². The van der Waals surface area contributed by atoms with E-state index < -0.39 is 5.97 Å². The van der Waals surface area contributed by atoms with Gasteiger partial charge in [0.1, 0.15) is 11.5 Å². The summed E-state index contributed by atoms with van der Waals surface area (Å²) in [4.78, 5) is 10.9. The van der Waals surface area contributed by atoms with E-state index in [2.05, 4.69) is 5.32 Å². The van der Waals surface area contributed by atoms with Crippen molar-refractivity contribution in [2.45, 2.75) is 26.8 Å². The molecule has 0 saturated carbocycles. The molecule has 106 valence electrons. The highest BCUT2D eigenvalue weighted by atomic mass is 16.4. The topological polar surface area (TPSA) is 88.5 Å². The van der Waals surface area contributed by atoms with Gasteiger partial charge in [-0.25, -0.2) is 4.79 Å². The second-order valence-electron chi connectivity index (χ2n) is 4.84. The number of hydrogen-bond acceptors (Lipinski definition) is 4. The van der Waals surface area contributed by atoms with Crippen LogP contribution >= 0.6 is 0 Å². The van der Waals surface area contributed by atoms with Gasteiger partial charge in [0, 0.05) is 16.9 Å². The van der Waals surface area contributed by atoms with E-state index in [0.717, 1.165) is 22.8 Å². The minimum absolute atomic E-state index is 0.0440. The molecule has 0 aliphatic rings. The van der Waals surface area contributed by atoms with Crippen LogP contribution in [0.1, 0.15) is 40.4 Å². The van der Waals surface area contributed by atoms with Gasteiger partial charge >= 0.3 is 5.97 Å². The second-order valence-corrected chi connectivity index (χ2v) is 4.84. The van der Waals surface area contributed by atoms with Crippen LogP contribution < -0.4 is 11.1 Å². The number of aromatic carboxylic acids is 1. The molecule has 0 bridgehead atoms. The molecule has 1 heterocycles. The molecule has 2 rings (SSSR count). The van der Waals surface area contributed by atoms with Crippen molar-refractivity contribution in [2.24, 2.45) is 0 Å². The lowest BCUT2D eigenvalue weighted by atomic mass is 10.1. The van der Waals surface area contributed by atoms with Crippen LogP contribution in [0.15, 0.2) is 28.7 Å². The Morgan fingerprint density at radius 2 is 2.05 bits per heavy atom. The summed E-state index contributed by atoms with van der Waals surface area (Å²) in [7, 11) is 0. The lowest BCUT2D eigenvalue weighted by Crippen LogP contribution is -2.08. The fraction of sp³-hybridized carbons (Fsp3) is 0.267. The molecule has 0 fully saturated rings. The van der Waals surface area contributed by atoms with Crippen LogP contribution in [0.3, 0.4) is 0 Å². The largest absolute Gasteiger partial charge is 0.478 e. The molecule has 0 spiro atoms. The number of furan rings is 1. The van der Waals surface area contributed by atoms with E-state index in [0.29, 0.717) is 0 Å². The monoisotopic (exact) mass is 274 g/mol. The molecule has 2 aromatic rings. The van der Waals surface area contributed by atoms with E-state index in [-0.39, 0.29) is 17.3 Å². The standard InChI is InChI=1S/C15H18N2O3/c1-8-6-13(10(3)20-8)9(2)17-11-4-5-12(15(18)19)14(16)7-11/h4-7,9,17H,16H2,1-3H3,(H,18,19). The molecule has 5 heteroatoms. The molecule has 20 heavy (non-hydrogen) atoms. The van der Waals surface area contributed by atoms with Crippen molar-refractivity contribution >= 4 is 17.3 Å². The summed E-state index contributed by atoms with van der Waals surface area (Å²) in [5.74, 6) is 0.716. The predicted molar refractivity (Wildman–Crippen MR) is 78.0 cm³/mol. The van der Waals surface area contributed by atoms with Gasteiger partial charge in [0.2, 0.25) is 0 Å². The fourth-order valence-electron chi connectivity index (χ4n) is 2.26. The van der Waals surface area contributed by atoms with E-state index in [1.165, 1.54) is 6.07 Å². The van der Waals surface area contributed by atoms with Crippen LogP contribution in [0, 0.1) is 13.8 Å². The number of aryl methyl sites for hydroxylation is 2. The Morgan fingerprint density at radius 1 is 1.35 bits per heavy atom. The lowest BCUT2D eigenvalue weighted by Gasteiger charge is -2.15. The average Bonchev–Trinajstić information content (AvgIpc) is 2.68. The van der Waals surface area contributed by atoms with E-state index in [1.54, 1.807) is 12.1 Å². The van der Waals surface area contributed by atoms with E-state index >= 15 is 0 Å². The Bertz CT molecular complexity index is 647. The number of nitrogens with one attached hydrogen (secondary N) is 1. The van der Waals surface area contributed by atoms with Crippen molar-refractivity contribution in [3.63, 3.8) is 0 Å². The summed E-state index contributed by atoms with van der Waals surface area (Å²) in [5, 5.41) is 12.2. The van der Waals surface area contributed by atoms with Crippen molar-refractivity contribution in [2.75, 3.05) is 11.1 Å². The third kappa shape index (κ3) is 2.77. The molecule has 1 aromatic heterocycles. The Labute approximate surface area is 117 Å². The number of carbonyl (C=O) groups is 1. The van der Waals surface area contributed by atoms with Crippen molar-refractivity contribution in [3.05, 3.63) is 46.9 Å². The van der Waals surface area contributed by atoms with Gasteiger partial charge in [0.15, 0.2) is 0 Å². The minimum Gasteiger partial charge on any atom is -0.478 e. The number of carboxylic acid groups (broad SMARTS) is 1. The van der Waals surface area contributed by atoms with E-state index in [1.807, 2.05) is 26.8 Å². The first-order valence-corrected chi connectivity index (χ1v) is 6.34. The maximum atomic E-state index is 10.9. The molecule has 1 aromatic carbocycles. The van der Waals surface area contributed by atoms with Gasteiger partial charge in [0.05, 0.1) is 11.6 Å². The number of benzene rings is 1. The van der Waals surface area contributed by atoms with Crippen molar-refractivity contribution in [1.82, 2.24) is 0 Å². The molecule has 5 nitrogen and oxygen atoms in total. The Kier molecular flexibility index (Phi) is 3.70. The zero-order valence-electron chi connectivity index (χ0n) is 11.7. The van der Waals surface area contributed by atoms with Gasteiger partial charge in [-0.2, -0.15) is 0 Å². The number of carboxylic acids is 1. The highest BCUT2D eigenvalue weighted by Gasteiger charge is 2.14. The quantitative estimate of drug-likeness (QED) is 0.744. The molecule has 1 atom stereocenters. The zero-order valence-corrected chi connectivity index (χ0v) is 11.7. The third-order valence-electron chi connectivity index (χ3n) is 3.21. The second kappa shape index (κ2) is 5.28. The molecular weight excluding hydrogens is 256 g/mol. The predicted octanol–water partition coefficient (Wildman–Crippen LogP) is 3.35. The summed E-state index contributed by atoms with van der Waals surface area (Å²) in [6, 6.07) is 6.87. The SMILES string of the molecule is Cc1cc(C(C)Nc2ccc(C(=O)O)c(N)c2)c(C)o1. The first kappa shape index (κ1) is 14.0. The maximum Gasteiger partial charge on any atom is 0.337 e. The van der Waals surface area contributed by atoms with Gasteiger partial charge in [-0.15, -0.1) is 0 Å². The van der Waals surface area contributed by atoms with Crippen molar-refractivity contribution in [1.29, 1.82) is 0 Å². The Hall–Kier alpha value is -2.43. The van der Waals surface area contributed by atoms with Crippen LogP contribution in [0.4, 0.5) is 11.4 Å². The Morgan fingerprint density at radius 3 is 2.55 bits per heavy atom. The van der Waals surface area contributed by atoms with Crippen LogP contribution in [-0.2, 0) is 0 Å². The number of rotatable bonds is 4. The fourth-order valence-corrected chi connectivity index (χ4v) is 2.26. The number of nitrogens with two attached hydrogens (primary N) is 1. The van der Waals surface area contributed by atoms with Gasteiger partial charge in [-0.1, -0.05) is 0 Å².